The van der Waals surface area contributed by atoms with E-state index >= 15 is 0 Å². The molecule has 1 heterocycles. The van der Waals surface area contributed by atoms with Crippen LogP contribution in [0, 0.1) is 0 Å². The quantitative estimate of drug-likeness (QED) is 0.0710. The van der Waals surface area contributed by atoms with E-state index < -0.39 is 51.6 Å². The van der Waals surface area contributed by atoms with Crippen LogP contribution in [0.2, 0.25) is 5.28 Å². The Hall–Kier alpha value is -5.35. The Balaban J connectivity index is 1.37. The van der Waals surface area contributed by atoms with Crippen LogP contribution < -0.4 is 10.6 Å². The lowest BCUT2D eigenvalue weighted by Crippen LogP contribution is -2.05. The van der Waals surface area contributed by atoms with Crippen LogP contribution in [0.25, 0.3) is 21.5 Å². The zero-order valence-electron chi connectivity index (χ0n) is 24.7. The first-order valence-corrected chi connectivity index (χ1v) is 18.4. The summed E-state index contributed by atoms with van der Waals surface area (Å²) in [6, 6.07) is 19.2. The number of benzene rings is 5. The molecule has 0 unspecified atom stereocenters. The molecule has 1 aromatic heterocycles. The van der Waals surface area contributed by atoms with Gasteiger partial charge in [0.25, 0.3) is 30.4 Å². The minimum Gasteiger partial charge on any atom is -0.505 e. The third kappa shape index (κ3) is 7.30. The van der Waals surface area contributed by atoms with Crippen molar-refractivity contribution in [3.63, 3.8) is 0 Å². The summed E-state index contributed by atoms with van der Waals surface area (Å²) in [5.41, 5.74) is -0.658. The van der Waals surface area contributed by atoms with Gasteiger partial charge in [0.15, 0.2) is 5.75 Å². The van der Waals surface area contributed by atoms with Gasteiger partial charge >= 0.3 is 0 Å². The molecule has 0 fully saturated rings. The van der Waals surface area contributed by atoms with E-state index in [4.69, 9.17) is 11.6 Å². The number of azo groups is 1. The molecule has 21 heteroatoms. The highest BCUT2D eigenvalue weighted by Crippen LogP contribution is 2.43. The maximum atomic E-state index is 12.4. The van der Waals surface area contributed by atoms with Gasteiger partial charge in [-0.05, 0) is 70.9 Å². The Kier molecular flexibility index (Phi) is 8.86. The first-order chi connectivity index (χ1) is 23.5. The molecule has 0 aliphatic rings. The third-order valence-electron chi connectivity index (χ3n) is 6.96. The van der Waals surface area contributed by atoms with Gasteiger partial charge < -0.3 is 15.7 Å². The van der Waals surface area contributed by atoms with Gasteiger partial charge in [-0.3, -0.25) is 13.7 Å². The fourth-order valence-corrected chi connectivity index (χ4v) is 7.04. The van der Waals surface area contributed by atoms with E-state index in [1.54, 1.807) is 12.1 Å². The van der Waals surface area contributed by atoms with Crippen molar-refractivity contribution in [2.75, 3.05) is 10.6 Å². The smallest absolute Gasteiger partial charge is 0.297 e. The topological polar surface area (TPSA) is 271 Å². The van der Waals surface area contributed by atoms with Crippen LogP contribution >= 0.6 is 11.6 Å². The average molecular weight is 758 g/mol. The average Bonchev–Trinajstić information content (AvgIpc) is 3.02. The lowest BCUT2D eigenvalue weighted by molar-refractivity contribution is 0.472. The van der Waals surface area contributed by atoms with E-state index in [2.05, 4.69) is 35.8 Å². The van der Waals surface area contributed by atoms with Gasteiger partial charge in [0.2, 0.25) is 17.2 Å². The number of rotatable bonds is 9. The predicted octanol–water partition coefficient (Wildman–Crippen LogP) is 6.18. The van der Waals surface area contributed by atoms with Crippen LogP contribution in [0.3, 0.4) is 0 Å². The Morgan fingerprint density at radius 3 is 1.96 bits per heavy atom. The van der Waals surface area contributed by atoms with Crippen molar-refractivity contribution < 1.29 is 44.0 Å². The Labute approximate surface area is 287 Å². The number of halogens is 1. The van der Waals surface area contributed by atoms with Crippen molar-refractivity contribution >= 4 is 98.1 Å². The van der Waals surface area contributed by atoms with E-state index in [0.29, 0.717) is 5.39 Å². The monoisotopic (exact) mass is 757 g/mol. The third-order valence-corrected chi connectivity index (χ3v) is 9.79. The molecule has 0 saturated carbocycles. The first-order valence-electron chi connectivity index (χ1n) is 13.7. The molecule has 0 amide bonds. The normalized spacial score (nSPS) is 12.5. The molecule has 6 N–H and O–H groups in total. The van der Waals surface area contributed by atoms with Gasteiger partial charge in [-0.15, -0.1) is 10.2 Å². The molecule has 256 valence electrons. The lowest BCUT2D eigenvalue weighted by Gasteiger charge is -2.12. The van der Waals surface area contributed by atoms with E-state index in [0.717, 1.165) is 12.1 Å². The molecule has 0 aliphatic carbocycles. The lowest BCUT2D eigenvalue weighted by atomic mass is 10.1. The van der Waals surface area contributed by atoms with E-state index in [1.807, 2.05) is 0 Å². The fraction of sp³-hybridized carbons (Fsp3) is 0. The molecule has 6 aromatic rings. The molecule has 0 spiro atoms. The van der Waals surface area contributed by atoms with Crippen LogP contribution in [0.5, 0.6) is 5.75 Å². The molecule has 0 aliphatic heterocycles. The van der Waals surface area contributed by atoms with E-state index in [-0.39, 0.29) is 55.3 Å². The van der Waals surface area contributed by atoms with Crippen LogP contribution in [-0.2, 0) is 30.4 Å². The summed E-state index contributed by atoms with van der Waals surface area (Å²) < 4.78 is 102. The number of aromatic nitrogens is 3. The predicted molar refractivity (Wildman–Crippen MR) is 181 cm³/mol. The largest absolute Gasteiger partial charge is 0.505 e. The summed E-state index contributed by atoms with van der Waals surface area (Å²) >= 11 is 6.06. The second-order valence-electron chi connectivity index (χ2n) is 10.3. The minimum absolute atomic E-state index is 0.0418. The van der Waals surface area contributed by atoms with Gasteiger partial charge in [-0.25, -0.2) is 0 Å². The molecular weight excluding hydrogens is 738 g/mol. The SMILES string of the molecule is O=S(=O)(O)c1cccc(Nc2nc(Cl)nc(Nc3ccc4c(O)c(N=Nc5ccc6ccccc6c5S(=O)(=O)O)c(S(=O)(=O)O)cc4c3)n2)c1. The van der Waals surface area contributed by atoms with Crippen LogP contribution in [-0.4, -0.2) is 59.0 Å². The number of phenols is 1. The van der Waals surface area contributed by atoms with Crippen molar-refractivity contribution in [1.82, 2.24) is 15.0 Å². The number of nitrogens with one attached hydrogen (secondary N) is 2. The number of hydrogen-bond acceptors (Lipinski definition) is 14. The number of phenolic OH excluding ortho intramolecular Hbond substituents is 1. The van der Waals surface area contributed by atoms with Gasteiger partial charge in [-0.2, -0.15) is 40.2 Å². The van der Waals surface area contributed by atoms with Gasteiger partial charge in [0.05, 0.1) is 4.90 Å². The Morgan fingerprint density at radius 2 is 1.30 bits per heavy atom. The number of aromatic hydroxyl groups is 1. The Bertz CT molecular complexity index is 2730. The van der Waals surface area contributed by atoms with Crippen LogP contribution in [0.15, 0.2) is 110 Å². The van der Waals surface area contributed by atoms with E-state index in [1.165, 1.54) is 60.7 Å². The zero-order chi connectivity index (χ0) is 36.0. The molecule has 5 aromatic carbocycles. The first kappa shape index (κ1) is 34.5. The van der Waals surface area contributed by atoms with Gasteiger partial charge in [0, 0.05) is 22.1 Å². The summed E-state index contributed by atoms with van der Waals surface area (Å²) in [6.07, 6.45) is 0. The highest BCUT2D eigenvalue weighted by atomic mass is 35.5. The molecule has 17 nitrogen and oxygen atoms in total. The van der Waals surface area contributed by atoms with Crippen LogP contribution in [0.4, 0.5) is 34.6 Å². The number of anilines is 4. The molecule has 0 atom stereocenters. The minimum atomic E-state index is -5.06. The summed E-state index contributed by atoms with van der Waals surface area (Å²) in [6.45, 7) is 0. The highest BCUT2D eigenvalue weighted by molar-refractivity contribution is 7.86. The van der Waals surface area contributed by atoms with Crippen molar-refractivity contribution in [2.24, 2.45) is 10.2 Å². The number of fused-ring (bicyclic) bond motifs is 2. The maximum absolute atomic E-state index is 12.4. The molecular formula is C29H20ClN7O10S3. The summed E-state index contributed by atoms with van der Waals surface area (Å²) in [5, 5.41) is 24.7. The van der Waals surface area contributed by atoms with Crippen molar-refractivity contribution in [2.45, 2.75) is 14.7 Å². The molecule has 0 bridgehead atoms. The second-order valence-corrected chi connectivity index (χ2v) is 14.8. The molecule has 0 radical (unpaired) electrons. The van der Waals surface area contributed by atoms with Crippen molar-refractivity contribution in [3.8, 4) is 5.75 Å². The standard InChI is InChI=1S/C29H20ClN7O10S3/c30-27-33-28(31-17-5-3-6-19(14-17)48(39,40)41)35-29(34-27)32-18-9-10-20-16(12-18)13-23(49(42,43)44)24(25(20)38)37-36-22-11-8-15-4-1-2-7-21(15)26(22)50(45,46)47/h1-14,38H,(H,39,40,41)(H,42,43,44)(H,45,46,47)(H2,31,32,33,34,35). The Morgan fingerprint density at radius 1 is 0.620 bits per heavy atom. The second kappa shape index (κ2) is 12.8. The molecule has 50 heavy (non-hydrogen) atoms. The highest BCUT2D eigenvalue weighted by Gasteiger charge is 2.24. The van der Waals surface area contributed by atoms with Gasteiger partial charge in [-0.1, -0.05) is 36.4 Å². The van der Waals surface area contributed by atoms with Crippen molar-refractivity contribution in [1.29, 1.82) is 0 Å². The molecule has 6 rings (SSSR count). The maximum Gasteiger partial charge on any atom is 0.297 e. The fourth-order valence-electron chi connectivity index (χ4n) is 4.86. The molecule has 0 saturated heterocycles. The van der Waals surface area contributed by atoms with E-state index in [9.17, 15) is 44.0 Å². The zero-order valence-corrected chi connectivity index (χ0v) is 27.9. The van der Waals surface area contributed by atoms with Crippen LogP contribution in [0.1, 0.15) is 0 Å². The van der Waals surface area contributed by atoms with Gasteiger partial charge in [0.1, 0.15) is 21.2 Å². The summed E-state index contributed by atoms with van der Waals surface area (Å²) in [4.78, 5) is 10.2. The summed E-state index contributed by atoms with van der Waals surface area (Å²) in [7, 11) is -14.4. The van der Waals surface area contributed by atoms with Crippen molar-refractivity contribution in [3.05, 3.63) is 90.2 Å². The number of hydrogen-bond donors (Lipinski definition) is 6. The summed E-state index contributed by atoms with van der Waals surface area (Å²) in [5.74, 6) is -0.973. The number of nitrogens with zero attached hydrogens (tertiary/aromatic N) is 5.